The van der Waals surface area contributed by atoms with E-state index >= 15 is 0 Å². The van der Waals surface area contributed by atoms with Gasteiger partial charge in [0.1, 0.15) is 17.6 Å². The number of fused-ring (bicyclic) bond motifs is 2. The maximum absolute atomic E-state index is 14.0. The van der Waals surface area contributed by atoms with Crippen molar-refractivity contribution < 1.29 is 19.2 Å². The minimum Gasteiger partial charge on any atom is -0.489 e. The van der Waals surface area contributed by atoms with Gasteiger partial charge in [0.05, 0.1) is 21.6 Å². The van der Waals surface area contributed by atoms with Gasteiger partial charge in [-0.25, -0.2) is 4.90 Å². The van der Waals surface area contributed by atoms with Crippen molar-refractivity contribution in [3.8, 4) is 5.75 Å². The van der Waals surface area contributed by atoms with Crippen LogP contribution in [0.1, 0.15) is 21.9 Å². The molecule has 0 aliphatic carbocycles. The van der Waals surface area contributed by atoms with Crippen LogP contribution in [0, 0.1) is 16.0 Å². The Labute approximate surface area is 238 Å². The molecule has 0 spiro atoms. The number of hydrogen-bond donors (Lipinski definition) is 1. The third-order valence-electron chi connectivity index (χ3n) is 6.69. The highest BCUT2D eigenvalue weighted by atomic mass is 79.9. The summed E-state index contributed by atoms with van der Waals surface area (Å²) in [6.07, 6.45) is 0. The number of hydrogen-bond acceptors (Lipinski definition) is 8. The van der Waals surface area contributed by atoms with Crippen molar-refractivity contribution >= 4 is 62.2 Å². The molecule has 6 rings (SSSR count). The molecule has 196 valence electrons. The highest BCUT2D eigenvalue weighted by molar-refractivity contribution is 9.10. The summed E-state index contributed by atoms with van der Waals surface area (Å²) in [6.45, 7) is 0.295. The van der Waals surface area contributed by atoms with E-state index in [1.807, 2.05) is 48.5 Å². The lowest BCUT2D eigenvalue weighted by atomic mass is 9.82. The molecule has 0 bridgehead atoms. The molecule has 2 unspecified atom stereocenters. The molecule has 12 heteroatoms. The molecule has 1 N–H and O–H groups in total. The number of nitrogens with one attached hydrogen (secondary N) is 1. The van der Waals surface area contributed by atoms with E-state index in [0.29, 0.717) is 27.8 Å². The molecule has 2 amide bonds. The molecule has 2 aliphatic heterocycles. The fraction of sp³-hybridized carbons (Fsp3) is 0.148. The van der Waals surface area contributed by atoms with Gasteiger partial charge in [0.2, 0.25) is 11.8 Å². The first-order valence-electron chi connectivity index (χ1n) is 11.8. The predicted octanol–water partition coefficient (Wildman–Crippen LogP) is 5.48. The molecular formula is C27H18BrN3O6S2. The fourth-order valence-corrected chi connectivity index (χ4v) is 7.84. The van der Waals surface area contributed by atoms with Crippen LogP contribution in [-0.4, -0.2) is 27.0 Å². The van der Waals surface area contributed by atoms with Crippen molar-refractivity contribution in [1.82, 2.24) is 4.98 Å². The number of nitro groups is 1. The molecule has 4 aromatic rings. The van der Waals surface area contributed by atoms with E-state index in [1.54, 1.807) is 0 Å². The number of benzene rings is 3. The molecule has 39 heavy (non-hydrogen) atoms. The zero-order valence-corrected chi connectivity index (χ0v) is 23.1. The van der Waals surface area contributed by atoms with Crippen LogP contribution >= 0.6 is 39.0 Å². The number of imide groups is 1. The number of aromatic nitrogens is 1. The fourth-order valence-electron chi connectivity index (χ4n) is 4.96. The first-order valence-corrected chi connectivity index (χ1v) is 14.3. The van der Waals surface area contributed by atoms with E-state index in [0.717, 1.165) is 26.3 Å². The van der Waals surface area contributed by atoms with E-state index in [4.69, 9.17) is 4.74 Å². The van der Waals surface area contributed by atoms with Crippen LogP contribution in [0.5, 0.6) is 5.75 Å². The number of thioether (sulfide) groups is 1. The zero-order chi connectivity index (χ0) is 27.3. The Morgan fingerprint density at radius 2 is 1.74 bits per heavy atom. The van der Waals surface area contributed by atoms with Gasteiger partial charge in [-0.3, -0.25) is 24.5 Å². The second kappa shape index (κ2) is 10.1. The van der Waals surface area contributed by atoms with Crippen LogP contribution in [0.4, 0.5) is 11.4 Å². The number of amides is 2. The van der Waals surface area contributed by atoms with Gasteiger partial charge in [0.25, 0.3) is 5.69 Å². The number of aromatic amines is 1. The Morgan fingerprint density at radius 3 is 2.46 bits per heavy atom. The van der Waals surface area contributed by atoms with Gasteiger partial charge in [-0.05, 0) is 35.9 Å². The molecular weight excluding hydrogens is 606 g/mol. The van der Waals surface area contributed by atoms with Crippen LogP contribution < -0.4 is 14.5 Å². The van der Waals surface area contributed by atoms with Gasteiger partial charge in [-0.15, -0.1) is 0 Å². The van der Waals surface area contributed by atoms with E-state index in [1.165, 1.54) is 36.0 Å². The summed E-state index contributed by atoms with van der Waals surface area (Å²) in [5.41, 5.74) is 1.76. The number of carbonyl (C=O) groups is 2. The van der Waals surface area contributed by atoms with E-state index < -0.39 is 33.8 Å². The Kier molecular flexibility index (Phi) is 6.61. The quantitative estimate of drug-likeness (QED) is 0.171. The molecule has 3 heterocycles. The highest BCUT2D eigenvalue weighted by Crippen LogP contribution is 2.54. The summed E-state index contributed by atoms with van der Waals surface area (Å²) in [5.74, 6) is -1.77. The van der Waals surface area contributed by atoms with E-state index in [-0.39, 0.29) is 16.2 Å². The lowest BCUT2D eigenvalue weighted by Crippen LogP contribution is -2.32. The number of ether oxygens (including phenoxy) is 1. The van der Waals surface area contributed by atoms with Crippen LogP contribution in [0.15, 0.2) is 87.1 Å². The number of halogens is 1. The molecule has 1 saturated heterocycles. The number of thiazole rings is 1. The Balaban J connectivity index is 1.43. The van der Waals surface area contributed by atoms with Crippen LogP contribution in [-0.2, 0) is 16.2 Å². The number of H-pyrrole nitrogens is 1. The normalized spacial score (nSPS) is 20.0. The minimum atomic E-state index is -0.815. The average Bonchev–Trinajstić information content (AvgIpc) is 3.42. The van der Waals surface area contributed by atoms with Crippen molar-refractivity contribution in [2.75, 3.05) is 4.90 Å². The summed E-state index contributed by atoms with van der Waals surface area (Å²) in [4.78, 5) is 54.9. The Hall–Kier alpha value is -3.74. The zero-order valence-electron chi connectivity index (χ0n) is 19.9. The van der Waals surface area contributed by atoms with Gasteiger partial charge in [-0.2, -0.15) is 0 Å². The second-order valence-corrected chi connectivity index (χ2v) is 12.1. The largest absolute Gasteiger partial charge is 0.489 e. The molecule has 3 atom stereocenters. The summed E-state index contributed by atoms with van der Waals surface area (Å²) in [7, 11) is 0. The van der Waals surface area contributed by atoms with Gasteiger partial charge in [0.15, 0.2) is 0 Å². The van der Waals surface area contributed by atoms with Gasteiger partial charge in [0, 0.05) is 33.0 Å². The predicted molar refractivity (Wildman–Crippen MR) is 150 cm³/mol. The molecule has 9 nitrogen and oxygen atoms in total. The molecule has 3 aromatic carbocycles. The molecule has 1 aromatic heterocycles. The molecule has 1 fully saturated rings. The first-order chi connectivity index (χ1) is 18.8. The Morgan fingerprint density at radius 1 is 1.00 bits per heavy atom. The molecule has 0 saturated carbocycles. The van der Waals surface area contributed by atoms with Crippen molar-refractivity contribution in [2.45, 2.75) is 22.8 Å². The smallest absolute Gasteiger partial charge is 0.305 e. The van der Waals surface area contributed by atoms with Crippen LogP contribution in [0.3, 0.4) is 0 Å². The maximum atomic E-state index is 14.0. The number of carbonyl (C=O) groups excluding carboxylic acids is 2. The van der Waals surface area contributed by atoms with Crippen molar-refractivity contribution in [3.63, 3.8) is 0 Å². The van der Waals surface area contributed by atoms with Crippen LogP contribution in [0.2, 0.25) is 0 Å². The molecule has 2 aliphatic rings. The van der Waals surface area contributed by atoms with Crippen molar-refractivity contribution in [2.24, 2.45) is 5.92 Å². The van der Waals surface area contributed by atoms with E-state index in [2.05, 4.69) is 20.9 Å². The third kappa shape index (κ3) is 4.58. The summed E-state index contributed by atoms with van der Waals surface area (Å²) in [5, 5.41) is 10.9. The standard InChI is InChI=1S/C27H18BrN3O6S2/c28-15-6-11-19(37-13-14-4-2-1-3-5-14)18(12-15)20-21-23(38-24-22(20)39-27(34)29-24)26(33)30(25(21)32)16-7-9-17(10-8-16)31(35)36/h1-12,20-21,23H,13H2,(H,29,34)/t20-,21?,23?/m1/s1. The average molecular weight is 624 g/mol. The summed E-state index contributed by atoms with van der Waals surface area (Å²) >= 11 is 5.71. The second-order valence-electron chi connectivity index (χ2n) is 8.99. The van der Waals surface area contributed by atoms with Crippen molar-refractivity contribution in [1.29, 1.82) is 0 Å². The third-order valence-corrected chi connectivity index (χ3v) is 9.58. The van der Waals surface area contributed by atoms with Gasteiger partial charge < -0.3 is 9.72 Å². The first kappa shape index (κ1) is 25.5. The SMILES string of the molecule is O=C1C2Sc3[nH]c(=O)sc3[C@H](c3cc(Br)ccc3OCc3ccccc3)C2C(=O)N1c1ccc([N+](=O)[O-])cc1. The topological polar surface area (TPSA) is 123 Å². The summed E-state index contributed by atoms with van der Waals surface area (Å²) < 4.78 is 6.98. The number of rotatable bonds is 6. The summed E-state index contributed by atoms with van der Waals surface area (Å²) in [6, 6.07) is 20.5. The number of nitro benzene ring substituents is 1. The van der Waals surface area contributed by atoms with Gasteiger partial charge >= 0.3 is 4.87 Å². The lowest BCUT2D eigenvalue weighted by Gasteiger charge is -2.31. The van der Waals surface area contributed by atoms with Crippen LogP contribution in [0.25, 0.3) is 0 Å². The van der Waals surface area contributed by atoms with Gasteiger partial charge in [-0.1, -0.05) is 69.4 Å². The monoisotopic (exact) mass is 623 g/mol. The van der Waals surface area contributed by atoms with Crippen molar-refractivity contribution in [3.05, 3.63) is 113 Å². The number of nitrogens with zero attached hydrogens (tertiary/aromatic N) is 2. The number of non-ortho nitro benzene ring substituents is 1. The molecule has 0 radical (unpaired) electrons. The maximum Gasteiger partial charge on any atom is 0.305 e. The lowest BCUT2D eigenvalue weighted by molar-refractivity contribution is -0.384. The van der Waals surface area contributed by atoms with E-state index in [9.17, 15) is 24.5 Å². The highest BCUT2D eigenvalue weighted by Gasteiger charge is 2.56. The number of anilines is 1. The minimum absolute atomic E-state index is 0.142. The Bertz CT molecular complexity index is 1670.